The van der Waals surface area contributed by atoms with Crippen molar-refractivity contribution in [2.24, 2.45) is 0 Å². The fourth-order valence-corrected chi connectivity index (χ4v) is 0.998. The zero-order chi connectivity index (χ0) is 10.1. The molecule has 0 fully saturated rings. The molecule has 0 radical (unpaired) electrons. The summed E-state index contributed by atoms with van der Waals surface area (Å²) >= 11 is 0. The molecule has 72 valence electrons. The second-order valence-corrected chi connectivity index (χ2v) is 3.25. The van der Waals surface area contributed by atoms with Crippen molar-refractivity contribution in [2.75, 3.05) is 12.4 Å². The number of nitrogens with zero attached hydrogens (tertiary/aromatic N) is 1. The molecule has 0 bridgehead atoms. The molecule has 0 aromatic carbocycles. The first-order valence-corrected chi connectivity index (χ1v) is 3.99. The monoisotopic (exact) mass is 186 g/mol. The lowest BCUT2D eigenvalue weighted by Crippen LogP contribution is -2.15. The lowest BCUT2D eigenvalue weighted by molar-refractivity contribution is 0.206. The fourth-order valence-electron chi connectivity index (χ4n) is 0.998. The summed E-state index contributed by atoms with van der Waals surface area (Å²) < 4.78 is 26.4. The third kappa shape index (κ3) is 2.14. The third-order valence-electron chi connectivity index (χ3n) is 1.67. The molecule has 0 aliphatic rings. The van der Waals surface area contributed by atoms with E-state index in [-0.39, 0.29) is 5.69 Å². The van der Waals surface area contributed by atoms with Gasteiger partial charge in [-0.3, -0.25) is 0 Å². The minimum absolute atomic E-state index is 0.167. The minimum atomic E-state index is -1.75. The van der Waals surface area contributed by atoms with Crippen LogP contribution in [0.25, 0.3) is 0 Å². The Kier molecular flexibility index (Phi) is 2.50. The maximum atomic E-state index is 13.4. The van der Waals surface area contributed by atoms with Gasteiger partial charge in [-0.25, -0.2) is 13.8 Å². The Hall–Kier alpha value is -1.19. The Morgan fingerprint density at radius 1 is 1.38 bits per heavy atom. The van der Waals surface area contributed by atoms with Crippen molar-refractivity contribution < 1.29 is 8.78 Å². The molecule has 0 saturated carbocycles. The normalized spacial score (nSPS) is 11.5. The summed E-state index contributed by atoms with van der Waals surface area (Å²) in [5.74, 6) is -0.159. The van der Waals surface area contributed by atoms with Crippen LogP contribution in [0.3, 0.4) is 0 Å². The van der Waals surface area contributed by atoms with Crippen LogP contribution in [-0.2, 0) is 5.67 Å². The Balaban J connectivity index is 3.19. The molecule has 0 spiro atoms. The highest BCUT2D eigenvalue weighted by Gasteiger charge is 2.25. The summed E-state index contributed by atoms with van der Waals surface area (Å²) in [6.07, 6.45) is 0. The molecule has 4 heteroatoms. The van der Waals surface area contributed by atoms with Gasteiger partial charge in [0.15, 0.2) is 0 Å². The van der Waals surface area contributed by atoms with Crippen LogP contribution in [0.1, 0.15) is 19.5 Å². The Morgan fingerprint density at radius 2 is 2.00 bits per heavy atom. The lowest BCUT2D eigenvalue weighted by atomic mass is 10.1. The molecular formula is C9H12F2N2. The van der Waals surface area contributed by atoms with Gasteiger partial charge in [0, 0.05) is 7.05 Å². The molecule has 0 amide bonds. The first-order chi connectivity index (χ1) is 5.95. The van der Waals surface area contributed by atoms with Crippen molar-refractivity contribution in [1.82, 2.24) is 4.98 Å². The van der Waals surface area contributed by atoms with Crippen molar-refractivity contribution >= 4 is 5.82 Å². The molecule has 1 aromatic rings. The number of pyridine rings is 1. The van der Waals surface area contributed by atoms with Crippen LogP contribution < -0.4 is 5.32 Å². The Bertz CT molecular complexity index is 305. The molecule has 13 heavy (non-hydrogen) atoms. The number of rotatable bonds is 2. The summed E-state index contributed by atoms with van der Waals surface area (Å²) in [6.45, 7) is 2.55. The predicted molar refractivity (Wildman–Crippen MR) is 47.9 cm³/mol. The molecule has 0 aliphatic heterocycles. The van der Waals surface area contributed by atoms with Crippen LogP contribution in [0, 0.1) is 5.82 Å². The van der Waals surface area contributed by atoms with Gasteiger partial charge in [-0.15, -0.1) is 0 Å². The molecule has 0 aliphatic carbocycles. The van der Waals surface area contributed by atoms with Gasteiger partial charge < -0.3 is 5.32 Å². The fraction of sp³-hybridized carbons (Fsp3) is 0.444. The van der Waals surface area contributed by atoms with Crippen LogP contribution in [-0.4, -0.2) is 12.0 Å². The molecule has 0 unspecified atom stereocenters. The second-order valence-electron chi connectivity index (χ2n) is 3.25. The minimum Gasteiger partial charge on any atom is -0.373 e. The van der Waals surface area contributed by atoms with Crippen LogP contribution in [0.4, 0.5) is 14.6 Å². The van der Waals surface area contributed by atoms with E-state index in [1.165, 1.54) is 26.0 Å². The van der Waals surface area contributed by atoms with Gasteiger partial charge in [-0.1, -0.05) is 0 Å². The van der Waals surface area contributed by atoms with Gasteiger partial charge in [-0.2, -0.15) is 0 Å². The molecule has 1 N–H and O–H groups in total. The molecule has 1 aromatic heterocycles. The van der Waals surface area contributed by atoms with Crippen molar-refractivity contribution in [3.05, 3.63) is 23.6 Å². The topological polar surface area (TPSA) is 24.9 Å². The summed E-state index contributed by atoms with van der Waals surface area (Å²) in [7, 11) is 1.65. The zero-order valence-electron chi connectivity index (χ0n) is 7.86. The number of anilines is 1. The zero-order valence-corrected chi connectivity index (χ0v) is 7.86. The summed E-state index contributed by atoms with van der Waals surface area (Å²) in [4.78, 5) is 3.80. The van der Waals surface area contributed by atoms with Gasteiger partial charge in [-0.05, 0) is 26.0 Å². The van der Waals surface area contributed by atoms with E-state index in [9.17, 15) is 8.78 Å². The first-order valence-electron chi connectivity index (χ1n) is 3.99. The molecule has 0 saturated heterocycles. The smallest absolute Gasteiger partial charge is 0.150 e. The van der Waals surface area contributed by atoms with E-state index < -0.39 is 11.5 Å². The van der Waals surface area contributed by atoms with E-state index in [2.05, 4.69) is 10.3 Å². The Labute approximate surface area is 76.0 Å². The van der Waals surface area contributed by atoms with Gasteiger partial charge in [0.2, 0.25) is 0 Å². The number of nitrogens with one attached hydrogen (secondary N) is 1. The van der Waals surface area contributed by atoms with Gasteiger partial charge in [0.25, 0.3) is 0 Å². The molecule has 0 atom stereocenters. The standard InChI is InChI=1S/C9H12F2N2/c1-9(2,11)8-6(10)4-5-7(12-3)13-8/h4-5H,1-3H3,(H,12,13). The molecule has 2 nitrogen and oxygen atoms in total. The first kappa shape index (κ1) is 9.89. The second kappa shape index (κ2) is 3.28. The van der Waals surface area contributed by atoms with Crippen LogP contribution in [0.5, 0.6) is 0 Å². The number of aromatic nitrogens is 1. The highest BCUT2D eigenvalue weighted by Crippen LogP contribution is 2.26. The molecule has 1 rings (SSSR count). The number of halogens is 2. The molecule has 1 heterocycles. The predicted octanol–water partition coefficient (Wildman–Crippen LogP) is 2.47. The van der Waals surface area contributed by atoms with Gasteiger partial charge in [0.05, 0.1) is 0 Å². The lowest BCUT2D eigenvalue weighted by Gasteiger charge is -2.15. The van der Waals surface area contributed by atoms with Crippen molar-refractivity contribution in [2.45, 2.75) is 19.5 Å². The quantitative estimate of drug-likeness (QED) is 0.767. The van der Waals surface area contributed by atoms with E-state index in [1.54, 1.807) is 7.05 Å². The Morgan fingerprint density at radius 3 is 2.46 bits per heavy atom. The average molecular weight is 186 g/mol. The largest absolute Gasteiger partial charge is 0.373 e. The third-order valence-corrected chi connectivity index (χ3v) is 1.67. The van der Waals surface area contributed by atoms with Gasteiger partial charge in [0.1, 0.15) is 23.0 Å². The van der Waals surface area contributed by atoms with Gasteiger partial charge >= 0.3 is 0 Å². The maximum absolute atomic E-state index is 13.4. The van der Waals surface area contributed by atoms with Crippen molar-refractivity contribution in [3.63, 3.8) is 0 Å². The van der Waals surface area contributed by atoms with Crippen molar-refractivity contribution in [3.8, 4) is 0 Å². The summed E-state index contributed by atoms with van der Waals surface area (Å²) in [5.41, 5.74) is -1.92. The van der Waals surface area contributed by atoms with E-state index in [4.69, 9.17) is 0 Å². The summed E-state index contributed by atoms with van der Waals surface area (Å²) in [6, 6.07) is 2.67. The summed E-state index contributed by atoms with van der Waals surface area (Å²) in [5, 5.41) is 2.72. The van der Waals surface area contributed by atoms with Crippen LogP contribution in [0.2, 0.25) is 0 Å². The highest BCUT2D eigenvalue weighted by molar-refractivity contribution is 5.36. The number of hydrogen-bond donors (Lipinski definition) is 1. The molecular weight excluding hydrogens is 174 g/mol. The van der Waals surface area contributed by atoms with E-state index in [0.717, 1.165) is 0 Å². The SMILES string of the molecule is CNc1ccc(F)c(C(C)(C)F)n1. The number of alkyl halides is 1. The highest BCUT2D eigenvalue weighted by atomic mass is 19.1. The maximum Gasteiger partial charge on any atom is 0.150 e. The van der Waals surface area contributed by atoms with E-state index in [1.807, 2.05) is 0 Å². The van der Waals surface area contributed by atoms with E-state index in [0.29, 0.717) is 5.82 Å². The van der Waals surface area contributed by atoms with Crippen LogP contribution in [0.15, 0.2) is 12.1 Å². The van der Waals surface area contributed by atoms with Crippen molar-refractivity contribution in [1.29, 1.82) is 0 Å². The van der Waals surface area contributed by atoms with E-state index >= 15 is 0 Å². The average Bonchev–Trinajstić information content (AvgIpc) is 2.03. The number of hydrogen-bond acceptors (Lipinski definition) is 2. The van der Waals surface area contributed by atoms with Crippen LogP contribution >= 0.6 is 0 Å².